The fourth-order valence-corrected chi connectivity index (χ4v) is 2.03. The van der Waals surface area contributed by atoms with E-state index in [1.807, 2.05) is 6.07 Å². The summed E-state index contributed by atoms with van der Waals surface area (Å²) in [4.78, 5) is 19.9. The zero-order valence-electron chi connectivity index (χ0n) is 9.41. The van der Waals surface area contributed by atoms with Gasteiger partial charge < -0.3 is 0 Å². The molecule has 0 unspecified atom stereocenters. The van der Waals surface area contributed by atoms with Crippen LogP contribution in [0.1, 0.15) is 15.9 Å². The molecule has 1 heterocycles. The zero-order valence-corrected chi connectivity index (χ0v) is 10.2. The van der Waals surface area contributed by atoms with Crippen LogP contribution in [0, 0.1) is 11.3 Å². The van der Waals surface area contributed by atoms with E-state index in [-0.39, 0.29) is 5.78 Å². The Labute approximate surface area is 109 Å². The molecule has 0 saturated carbocycles. The predicted molar refractivity (Wildman–Crippen MR) is 68.2 cm³/mol. The van der Waals surface area contributed by atoms with Crippen LogP contribution in [0.3, 0.4) is 0 Å². The first-order valence-electron chi connectivity index (χ1n) is 5.22. The monoisotopic (exact) mass is 255 g/mol. The van der Waals surface area contributed by atoms with Gasteiger partial charge in [-0.1, -0.05) is 23.9 Å². The Balaban J connectivity index is 1.98. The van der Waals surface area contributed by atoms with Crippen LogP contribution >= 0.6 is 11.8 Å². The number of ketones is 1. The Bertz CT molecular complexity index is 575. The van der Waals surface area contributed by atoms with Crippen LogP contribution in [0.15, 0.2) is 47.9 Å². The number of Topliss-reactive ketones (excluding diaryl/α,β-unsaturated/α-hetero) is 1. The topological polar surface area (TPSA) is 66.6 Å². The summed E-state index contributed by atoms with van der Waals surface area (Å²) in [5.74, 6) is 0.320. The first kappa shape index (κ1) is 12.3. The van der Waals surface area contributed by atoms with Crippen LogP contribution in [-0.2, 0) is 0 Å². The van der Waals surface area contributed by atoms with Gasteiger partial charge >= 0.3 is 0 Å². The summed E-state index contributed by atoms with van der Waals surface area (Å²) in [6.07, 6.45) is 4.80. The van der Waals surface area contributed by atoms with Gasteiger partial charge in [-0.05, 0) is 12.1 Å². The number of nitrogens with zero attached hydrogens (tertiary/aromatic N) is 3. The Morgan fingerprint density at radius 1 is 1.28 bits per heavy atom. The molecule has 0 radical (unpaired) electrons. The van der Waals surface area contributed by atoms with E-state index in [1.165, 1.54) is 11.8 Å². The Morgan fingerprint density at radius 3 is 2.67 bits per heavy atom. The number of thioether (sulfide) groups is 1. The van der Waals surface area contributed by atoms with E-state index in [1.54, 1.807) is 42.9 Å². The zero-order chi connectivity index (χ0) is 12.8. The molecular formula is C13H9N3OS. The SMILES string of the molecule is N#Cc1ccc(C(=O)CSc2cnccn2)cc1. The second kappa shape index (κ2) is 5.94. The number of benzene rings is 1. The maximum atomic E-state index is 11.9. The highest BCUT2D eigenvalue weighted by atomic mass is 32.2. The van der Waals surface area contributed by atoms with E-state index in [0.717, 1.165) is 5.03 Å². The van der Waals surface area contributed by atoms with Crippen molar-refractivity contribution >= 4 is 17.5 Å². The van der Waals surface area contributed by atoms with Crippen molar-refractivity contribution in [3.63, 3.8) is 0 Å². The van der Waals surface area contributed by atoms with Gasteiger partial charge in [0, 0.05) is 18.0 Å². The van der Waals surface area contributed by atoms with Crippen molar-refractivity contribution in [2.24, 2.45) is 0 Å². The number of hydrogen-bond acceptors (Lipinski definition) is 5. The highest BCUT2D eigenvalue weighted by molar-refractivity contribution is 7.99. The summed E-state index contributed by atoms with van der Waals surface area (Å²) in [7, 11) is 0. The van der Waals surface area contributed by atoms with Crippen molar-refractivity contribution in [1.82, 2.24) is 9.97 Å². The molecule has 0 N–H and O–H groups in total. The molecule has 0 aliphatic carbocycles. The predicted octanol–water partition coefficient (Wildman–Crippen LogP) is 2.32. The Morgan fingerprint density at radius 2 is 2.06 bits per heavy atom. The molecule has 0 amide bonds. The molecule has 0 spiro atoms. The third kappa shape index (κ3) is 3.15. The Hall–Kier alpha value is -2.19. The summed E-state index contributed by atoms with van der Waals surface area (Å²) in [6.45, 7) is 0. The van der Waals surface area contributed by atoms with E-state index in [4.69, 9.17) is 5.26 Å². The molecule has 18 heavy (non-hydrogen) atoms. The van der Waals surface area contributed by atoms with Gasteiger partial charge in [0.1, 0.15) is 5.03 Å². The number of carbonyl (C=O) groups excluding carboxylic acids is 1. The van der Waals surface area contributed by atoms with E-state index in [0.29, 0.717) is 16.9 Å². The highest BCUT2D eigenvalue weighted by Gasteiger charge is 2.07. The smallest absolute Gasteiger partial charge is 0.173 e. The summed E-state index contributed by atoms with van der Waals surface area (Å²) >= 11 is 1.35. The number of carbonyl (C=O) groups is 1. The van der Waals surface area contributed by atoms with Gasteiger partial charge in [0.15, 0.2) is 5.78 Å². The molecule has 0 bridgehead atoms. The molecular weight excluding hydrogens is 246 g/mol. The minimum Gasteiger partial charge on any atom is -0.293 e. The number of aromatic nitrogens is 2. The molecule has 0 atom stereocenters. The average Bonchev–Trinajstić information content (AvgIpc) is 2.46. The third-order valence-electron chi connectivity index (χ3n) is 2.23. The van der Waals surface area contributed by atoms with Gasteiger partial charge in [0.25, 0.3) is 0 Å². The lowest BCUT2D eigenvalue weighted by molar-refractivity contribution is 0.102. The lowest BCUT2D eigenvalue weighted by Gasteiger charge is -2.00. The molecule has 0 aliphatic heterocycles. The summed E-state index contributed by atoms with van der Waals surface area (Å²) < 4.78 is 0. The van der Waals surface area contributed by atoms with Crippen LogP contribution in [0.5, 0.6) is 0 Å². The standard InChI is InChI=1S/C13H9N3OS/c14-7-10-1-3-11(4-2-10)12(17)9-18-13-8-15-5-6-16-13/h1-6,8H,9H2. The maximum absolute atomic E-state index is 11.9. The van der Waals surface area contributed by atoms with Crippen molar-refractivity contribution < 1.29 is 4.79 Å². The van der Waals surface area contributed by atoms with Crippen molar-refractivity contribution in [3.8, 4) is 6.07 Å². The molecule has 2 rings (SSSR count). The second-order valence-electron chi connectivity index (χ2n) is 3.44. The van der Waals surface area contributed by atoms with E-state index < -0.39 is 0 Å². The van der Waals surface area contributed by atoms with Crippen molar-refractivity contribution in [2.75, 3.05) is 5.75 Å². The minimum absolute atomic E-state index is 0.00939. The normalized spacial score (nSPS) is 9.72. The maximum Gasteiger partial charge on any atom is 0.173 e. The van der Waals surface area contributed by atoms with Gasteiger partial charge in [-0.25, -0.2) is 4.98 Å². The molecule has 0 saturated heterocycles. The van der Waals surface area contributed by atoms with E-state index >= 15 is 0 Å². The summed E-state index contributed by atoms with van der Waals surface area (Å²) in [5.41, 5.74) is 1.15. The van der Waals surface area contributed by atoms with Gasteiger partial charge in [-0.2, -0.15) is 5.26 Å². The first-order chi connectivity index (χ1) is 8.79. The summed E-state index contributed by atoms with van der Waals surface area (Å²) in [5, 5.41) is 9.39. The minimum atomic E-state index is 0.00939. The molecule has 0 fully saturated rings. The number of hydrogen-bond donors (Lipinski definition) is 0. The van der Waals surface area contributed by atoms with Crippen LogP contribution in [0.25, 0.3) is 0 Å². The fourth-order valence-electron chi connectivity index (χ4n) is 1.31. The van der Waals surface area contributed by atoms with Crippen LogP contribution in [0.2, 0.25) is 0 Å². The largest absolute Gasteiger partial charge is 0.293 e. The average molecular weight is 255 g/mol. The number of rotatable bonds is 4. The van der Waals surface area contributed by atoms with Crippen LogP contribution in [-0.4, -0.2) is 21.5 Å². The summed E-state index contributed by atoms with van der Waals surface area (Å²) in [6, 6.07) is 8.62. The molecule has 1 aromatic heterocycles. The molecule has 5 heteroatoms. The Kier molecular flexibility index (Phi) is 4.05. The second-order valence-corrected chi connectivity index (χ2v) is 4.44. The van der Waals surface area contributed by atoms with E-state index in [9.17, 15) is 4.79 Å². The molecule has 88 valence electrons. The van der Waals surface area contributed by atoms with Crippen LogP contribution in [0.4, 0.5) is 0 Å². The van der Waals surface area contributed by atoms with Crippen molar-refractivity contribution in [2.45, 2.75) is 5.03 Å². The highest BCUT2D eigenvalue weighted by Crippen LogP contribution is 2.15. The van der Waals surface area contributed by atoms with Gasteiger partial charge in [-0.15, -0.1) is 0 Å². The fraction of sp³-hybridized carbons (Fsp3) is 0.0769. The molecule has 4 nitrogen and oxygen atoms in total. The molecule has 2 aromatic rings. The van der Waals surface area contributed by atoms with Gasteiger partial charge in [0.2, 0.25) is 0 Å². The lowest BCUT2D eigenvalue weighted by Crippen LogP contribution is -2.02. The molecule has 0 aliphatic rings. The first-order valence-corrected chi connectivity index (χ1v) is 6.20. The van der Waals surface area contributed by atoms with Gasteiger partial charge in [-0.3, -0.25) is 9.78 Å². The van der Waals surface area contributed by atoms with Crippen molar-refractivity contribution in [1.29, 1.82) is 5.26 Å². The quantitative estimate of drug-likeness (QED) is 0.619. The van der Waals surface area contributed by atoms with E-state index in [2.05, 4.69) is 9.97 Å². The molecule has 1 aromatic carbocycles. The van der Waals surface area contributed by atoms with Gasteiger partial charge in [0.05, 0.1) is 23.6 Å². The third-order valence-corrected chi connectivity index (χ3v) is 3.14. The lowest BCUT2D eigenvalue weighted by atomic mass is 10.1. The van der Waals surface area contributed by atoms with Crippen LogP contribution < -0.4 is 0 Å². The van der Waals surface area contributed by atoms with Crippen molar-refractivity contribution in [3.05, 3.63) is 54.0 Å². The number of nitriles is 1.